The van der Waals surface area contributed by atoms with E-state index in [1.54, 1.807) is 29.2 Å². The molecule has 1 unspecified atom stereocenters. The SMILES string of the molecule is CC(C)NC(=O)Nc1ccc(C(=O)N2CCC3(CC2)CN=NC(=NC(=O)C2=NC(Cl)=C(N=NN)NC2N=NN)N3N)cc1. The van der Waals surface area contributed by atoms with E-state index in [0.29, 0.717) is 37.2 Å². The first-order chi connectivity index (χ1) is 20.6. The van der Waals surface area contributed by atoms with Gasteiger partial charge in [0, 0.05) is 30.4 Å². The highest BCUT2D eigenvalue weighted by molar-refractivity contribution is 6.44. The number of carbonyl (C=O) groups is 3. The molecule has 0 aromatic heterocycles. The Labute approximate surface area is 250 Å². The molecule has 0 radical (unpaired) electrons. The Kier molecular flexibility index (Phi) is 9.56. The number of guanidine groups is 1. The third kappa shape index (κ3) is 7.07. The number of azo groups is 1. The molecule has 1 fully saturated rings. The molecule has 3 aliphatic rings. The van der Waals surface area contributed by atoms with E-state index in [4.69, 9.17) is 29.1 Å². The standard InChI is InChI=1S/C23H31ClN16O3/c1-12(2)29-22(43)30-14-5-3-13(4-6-14)20(42)39-9-7-23(8-10-39)11-28-36-21(40(23)27)33-19(41)15-17(34-37-25)32-18(35-38-26)16(24)31-15/h3-6,12,17,32H,7-11,27H2,1-2H3,(H2,25,34)(H2,26,35)(H2,29,30,43). The summed E-state index contributed by atoms with van der Waals surface area (Å²) in [6.45, 7) is 4.70. The van der Waals surface area contributed by atoms with E-state index < -0.39 is 17.6 Å². The molecule has 228 valence electrons. The van der Waals surface area contributed by atoms with Gasteiger partial charge in [0.05, 0.1) is 12.1 Å². The number of hydrogen-bond donors (Lipinski definition) is 6. The van der Waals surface area contributed by atoms with Gasteiger partial charge in [-0.15, -0.1) is 15.3 Å². The number of amides is 4. The topological polar surface area (TPSA) is 271 Å². The molecular formula is C23H31ClN16O3. The maximum absolute atomic E-state index is 13.2. The Hall–Kier alpha value is -5.04. The summed E-state index contributed by atoms with van der Waals surface area (Å²) in [6, 6.07) is 6.30. The summed E-state index contributed by atoms with van der Waals surface area (Å²) in [5.74, 6) is 15.4. The highest BCUT2D eigenvalue weighted by atomic mass is 35.5. The molecule has 4 amide bonds. The first-order valence-electron chi connectivity index (χ1n) is 13.0. The molecule has 1 spiro atoms. The van der Waals surface area contributed by atoms with Gasteiger partial charge in [-0.2, -0.15) is 10.1 Å². The van der Waals surface area contributed by atoms with Gasteiger partial charge in [0.15, 0.2) is 22.9 Å². The molecule has 4 rings (SSSR count). The van der Waals surface area contributed by atoms with Crippen molar-refractivity contribution >= 4 is 46.8 Å². The number of nitrogens with two attached hydrogens (primary N) is 3. The van der Waals surface area contributed by atoms with E-state index in [1.165, 1.54) is 5.01 Å². The van der Waals surface area contributed by atoms with Crippen LogP contribution in [0.5, 0.6) is 0 Å². The van der Waals surface area contributed by atoms with E-state index in [1.807, 2.05) is 13.8 Å². The number of anilines is 1. The number of piperidine rings is 1. The maximum Gasteiger partial charge on any atom is 0.319 e. The number of rotatable bonds is 6. The fourth-order valence-corrected chi connectivity index (χ4v) is 4.73. The lowest BCUT2D eigenvalue weighted by atomic mass is 9.86. The summed E-state index contributed by atoms with van der Waals surface area (Å²) < 4.78 is 0. The quantitative estimate of drug-likeness (QED) is 0.116. The predicted molar refractivity (Wildman–Crippen MR) is 155 cm³/mol. The first kappa shape index (κ1) is 30.9. The molecular weight excluding hydrogens is 584 g/mol. The number of hydrazine groups is 1. The third-order valence-electron chi connectivity index (χ3n) is 6.75. The minimum absolute atomic E-state index is 0.00839. The number of nitrogens with zero attached hydrogens (tertiary/aromatic N) is 10. The van der Waals surface area contributed by atoms with Crippen LogP contribution in [0, 0.1) is 0 Å². The van der Waals surface area contributed by atoms with Gasteiger partial charge < -0.3 is 32.5 Å². The van der Waals surface area contributed by atoms with Crippen molar-refractivity contribution in [1.82, 2.24) is 20.5 Å². The summed E-state index contributed by atoms with van der Waals surface area (Å²) in [6.07, 6.45) is -0.308. The van der Waals surface area contributed by atoms with Crippen molar-refractivity contribution in [2.45, 2.75) is 44.4 Å². The van der Waals surface area contributed by atoms with Crippen LogP contribution >= 0.6 is 11.6 Å². The van der Waals surface area contributed by atoms with Crippen molar-refractivity contribution in [1.29, 1.82) is 0 Å². The van der Waals surface area contributed by atoms with Gasteiger partial charge in [0.25, 0.3) is 17.8 Å². The predicted octanol–water partition coefficient (Wildman–Crippen LogP) is 1.10. The molecule has 3 aliphatic heterocycles. The Morgan fingerprint density at radius 1 is 1.14 bits per heavy atom. The zero-order valence-electron chi connectivity index (χ0n) is 23.3. The van der Waals surface area contributed by atoms with E-state index >= 15 is 0 Å². The number of halogens is 1. The summed E-state index contributed by atoms with van der Waals surface area (Å²) >= 11 is 6.07. The third-order valence-corrected chi connectivity index (χ3v) is 7.01. The average Bonchev–Trinajstić information content (AvgIpc) is 2.97. The van der Waals surface area contributed by atoms with Crippen LogP contribution in [-0.4, -0.2) is 76.8 Å². The van der Waals surface area contributed by atoms with Gasteiger partial charge in [-0.25, -0.2) is 15.6 Å². The molecule has 1 aromatic rings. The largest absolute Gasteiger partial charge is 0.338 e. The zero-order chi connectivity index (χ0) is 31.1. The Morgan fingerprint density at radius 3 is 2.47 bits per heavy atom. The van der Waals surface area contributed by atoms with Crippen molar-refractivity contribution in [3.05, 3.63) is 40.8 Å². The van der Waals surface area contributed by atoms with Crippen LogP contribution in [0.15, 0.2) is 76.1 Å². The number of benzene rings is 1. The van der Waals surface area contributed by atoms with Gasteiger partial charge in [-0.1, -0.05) is 22.0 Å². The number of aliphatic imine (C=N–C) groups is 2. The molecule has 0 saturated carbocycles. The Morgan fingerprint density at radius 2 is 1.84 bits per heavy atom. The second-order valence-electron chi connectivity index (χ2n) is 9.96. The Bertz CT molecular complexity index is 1430. The molecule has 1 saturated heterocycles. The molecule has 0 bridgehead atoms. The first-order valence-corrected chi connectivity index (χ1v) is 13.4. The van der Waals surface area contributed by atoms with Gasteiger partial charge >= 0.3 is 6.03 Å². The van der Waals surface area contributed by atoms with Crippen molar-refractivity contribution < 1.29 is 14.4 Å². The van der Waals surface area contributed by atoms with Gasteiger partial charge in [-0.05, 0) is 51.0 Å². The molecule has 0 aliphatic carbocycles. The van der Waals surface area contributed by atoms with Crippen LogP contribution in [0.1, 0.15) is 37.0 Å². The normalized spacial score (nSPS) is 21.1. The van der Waals surface area contributed by atoms with Crippen LogP contribution in [0.2, 0.25) is 0 Å². The van der Waals surface area contributed by atoms with E-state index in [2.05, 4.69) is 56.8 Å². The molecule has 9 N–H and O–H groups in total. The van der Waals surface area contributed by atoms with E-state index in [9.17, 15) is 14.4 Å². The van der Waals surface area contributed by atoms with Crippen molar-refractivity contribution in [3.8, 4) is 0 Å². The fraction of sp³-hybridized carbons (Fsp3) is 0.435. The Balaban J connectivity index is 1.43. The van der Waals surface area contributed by atoms with Crippen LogP contribution in [0.3, 0.4) is 0 Å². The number of nitrogens with one attached hydrogen (secondary N) is 3. The summed E-state index contributed by atoms with van der Waals surface area (Å²) in [5, 5.41) is 30.9. The number of urea groups is 1. The van der Waals surface area contributed by atoms with Crippen LogP contribution in [0.25, 0.3) is 0 Å². The highest BCUT2D eigenvalue weighted by Gasteiger charge is 2.44. The van der Waals surface area contributed by atoms with E-state index in [0.717, 1.165) is 0 Å². The van der Waals surface area contributed by atoms with Crippen molar-refractivity contribution in [2.75, 3.05) is 25.0 Å². The molecule has 1 aromatic carbocycles. The van der Waals surface area contributed by atoms with Gasteiger partial charge in [0.2, 0.25) is 0 Å². The lowest BCUT2D eigenvalue weighted by molar-refractivity contribution is -0.112. The zero-order valence-corrected chi connectivity index (χ0v) is 24.1. The minimum atomic E-state index is -1.18. The van der Waals surface area contributed by atoms with Crippen LogP contribution in [-0.2, 0) is 4.79 Å². The smallest absolute Gasteiger partial charge is 0.319 e. The fourth-order valence-electron chi connectivity index (χ4n) is 4.54. The lowest BCUT2D eigenvalue weighted by Gasteiger charge is -2.47. The lowest BCUT2D eigenvalue weighted by Crippen LogP contribution is -2.63. The minimum Gasteiger partial charge on any atom is -0.338 e. The molecule has 1 atom stereocenters. The summed E-state index contributed by atoms with van der Waals surface area (Å²) in [5.41, 5.74) is 0.0476. The van der Waals surface area contributed by atoms with E-state index in [-0.39, 0.29) is 47.2 Å². The summed E-state index contributed by atoms with van der Waals surface area (Å²) in [4.78, 5) is 47.9. The van der Waals surface area contributed by atoms with Crippen molar-refractivity contribution in [3.63, 3.8) is 0 Å². The second kappa shape index (κ2) is 13.3. The molecule has 43 heavy (non-hydrogen) atoms. The summed E-state index contributed by atoms with van der Waals surface area (Å²) in [7, 11) is 0. The van der Waals surface area contributed by atoms with Gasteiger partial charge in [-0.3, -0.25) is 14.6 Å². The van der Waals surface area contributed by atoms with Crippen molar-refractivity contribution in [2.24, 2.45) is 58.4 Å². The highest BCUT2D eigenvalue weighted by Crippen LogP contribution is 2.31. The molecule has 3 heterocycles. The maximum atomic E-state index is 13.2. The van der Waals surface area contributed by atoms with Crippen LogP contribution in [0.4, 0.5) is 10.5 Å². The monoisotopic (exact) mass is 614 g/mol. The second-order valence-corrected chi connectivity index (χ2v) is 10.3. The number of likely N-dealkylation sites (tertiary alicyclic amines) is 1. The number of carbonyl (C=O) groups excluding carboxylic acids is 3. The molecule has 20 heteroatoms. The number of hydrogen-bond acceptors (Lipinski definition) is 11. The van der Waals surface area contributed by atoms with Gasteiger partial charge in [0.1, 0.15) is 0 Å². The average molecular weight is 615 g/mol. The molecule has 19 nitrogen and oxygen atoms in total. The van der Waals surface area contributed by atoms with Crippen LogP contribution < -0.4 is 33.5 Å².